The molecule has 8 heteroatoms. The van der Waals surface area contributed by atoms with E-state index in [1.807, 2.05) is 42.5 Å². The number of aromatic nitrogens is 1. The molecule has 1 aliphatic rings. The van der Waals surface area contributed by atoms with Gasteiger partial charge in [0.2, 0.25) is 5.91 Å². The van der Waals surface area contributed by atoms with Crippen LogP contribution in [0.25, 0.3) is 0 Å². The van der Waals surface area contributed by atoms with Crippen molar-refractivity contribution in [2.75, 3.05) is 5.32 Å². The van der Waals surface area contributed by atoms with Crippen LogP contribution in [0.15, 0.2) is 79.1 Å². The minimum atomic E-state index is 0. The van der Waals surface area contributed by atoms with Crippen LogP contribution in [-0.2, 0) is 17.9 Å². The topological polar surface area (TPSA) is 75.3 Å². The molecule has 0 unspecified atom stereocenters. The van der Waals surface area contributed by atoms with Crippen molar-refractivity contribution in [3.63, 3.8) is 0 Å². The Hall–Kier alpha value is -2.64. The summed E-state index contributed by atoms with van der Waals surface area (Å²) in [5.41, 5.74) is 9.91. The second-order valence-corrected chi connectivity index (χ2v) is 8.19. The third kappa shape index (κ3) is 8.61. The fraction of sp³-hybridized carbons (Fsp3) is 0.308. The summed E-state index contributed by atoms with van der Waals surface area (Å²) in [5, 5.41) is 2.99. The minimum Gasteiger partial charge on any atom is -0.489 e. The third-order valence-electron chi connectivity index (χ3n) is 5.82. The number of benzene rings is 2. The number of carbonyl (C=O) groups is 1. The molecular weight excluding hydrogens is 471 g/mol. The minimum absolute atomic E-state index is 0. The van der Waals surface area contributed by atoms with E-state index < -0.39 is 0 Å². The SMILES string of the molecule is Cl.Cl.O=C(Nc1ccncc1)C1CCC(NNCc2ccc(OCc3ccccc3)cc2)CC1. The van der Waals surface area contributed by atoms with Crippen molar-refractivity contribution in [1.29, 1.82) is 0 Å². The van der Waals surface area contributed by atoms with E-state index in [0.29, 0.717) is 12.6 Å². The molecule has 2 aromatic carbocycles. The third-order valence-corrected chi connectivity index (χ3v) is 5.82. The molecule has 1 aromatic heterocycles. The highest BCUT2D eigenvalue weighted by atomic mass is 35.5. The normalized spacial score (nSPS) is 17.1. The monoisotopic (exact) mass is 502 g/mol. The van der Waals surface area contributed by atoms with Crippen LogP contribution in [0.4, 0.5) is 5.69 Å². The summed E-state index contributed by atoms with van der Waals surface area (Å²) in [7, 11) is 0. The molecule has 0 saturated heterocycles. The van der Waals surface area contributed by atoms with Crippen LogP contribution in [0.5, 0.6) is 5.75 Å². The number of amides is 1. The Morgan fingerprint density at radius 1 is 0.853 bits per heavy atom. The largest absolute Gasteiger partial charge is 0.489 e. The predicted octanol–water partition coefficient (Wildman–Crippen LogP) is 5.30. The van der Waals surface area contributed by atoms with Gasteiger partial charge in [0, 0.05) is 36.6 Å². The smallest absolute Gasteiger partial charge is 0.227 e. The van der Waals surface area contributed by atoms with Gasteiger partial charge in [-0.3, -0.25) is 20.6 Å². The summed E-state index contributed by atoms with van der Waals surface area (Å²) in [6.07, 6.45) is 7.12. The van der Waals surface area contributed by atoms with Gasteiger partial charge >= 0.3 is 0 Å². The second-order valence-electron chi connectivity index (χ2n) is 8.19. The molecule has 4 rings (SSSR count). The van der Waals surface area contributed by atoms with E-state index in [0.717, 1.165) is 49.2 Å². The summed E-state index contributed by atoms with van der Waals surface area (Å²) in [4.78, 5) is 16.4. The average Bonchev–Trinajstić information content (AvgIpc) is 2.85. The molecule has 0 atom stereocenters. The molecule has 1 fully saturated rings. The quantitative estimate of drug-likeness (QED) is 0.346. The van der Waals surface area contributed by atoms with Gasteiger partial charge in [-0.2, -0.15) is 0 Å². The van der Waals surface area contributed by atoms with Crippen LogP contribution in [-0.4, -0.2) is 16.9 Å². The molecule has 1 amide bonds. The van der Waals surface area contributed by atoms with Crippen molar-refractivity contribution in [3.8, 4) is 5.75 Å². The number of rotatable bonds is 9. The Morgan fingerprint density at radius 2 is 1.53 bits per heavy atom. The van der Waals surface area contributed by atoms with E-state index in [4.69, 9.17) is 4.74 Å². The number of pyridine rings is 1. The molecule has 1 heterocycles. The molecule has 0 spiro atoms. The lowest BCUT2D eigenvalue weighted by Crippen LogP contribution is -2.43. The fourth-order valence-corrected chi connectivity index (χ4v) is 3.92. The molecule has 0 bridgehead atoms. The summed E-state index contributed by atoms with van der Waals surface area (Å²) < 4.78 is 5.84. The predicted molar refractivity (Wildman–Crippen MR) is 140 cm³/mol. The van der Waals surface area contributed by atoms with Crippen molar-refractivity contribution < 1.29 is 9.53 Å². The second kappa shape index (κ2) is 14.6. The van der Waals surface area contributed by atoms with Crippen LogP contribution in [0.3, 0.4) is 0 Å². The molecule has 6 nitrogen and oxygen atoms in total. The number of hydrazine groups is 1. The zero-order valence-corrected chi connectivity index (χ0v) is 20.6. The molecule has 0 radical (unpaired) electrons. The van der Waals surface area contributed by atoms with Gasteiger partial charge in [-0.1, -0.05) is 42.5 Å². The lowest BCUT2D eigenvalue weighted by molar-refractivity contribution is -0.120. The number of carbonyl (C=O) groups excluding carboxylic acids is 1. The lowest BCUT2D eigenvalue weighted by atomic mass is 9.85. The van der Waals surface area contributed by atoms with E-state index in [1.54, 1.807) is 12.4 Å². The van der Waals surface area contributed by atoms with E-state index in [1.165, 1.54) is 5.56 Å². The van der Waals surface area contributed by atoms with Gasteiger partial charge in [-0.15, -0.1) is 24.8 Å². The summed E-state index contributed by atoms with van der Waals surface area (Å²) >= 11 is 0. The highest BCUT2D eigenvalue weighted by Crippen LogP contribution is 2.25. The summed E-state index contributed by atoms with van der Waals surface area (Å²) in [6.45, 7) is 1.31. The molecule has 1 aliphatic carbocycles. The number of hydrogen-bond donors (Lipinski definition) is 3. The molecule has 182 valence electrons. The van der Waals surface area contributed by atoms with Gasteiger partial charge in [-0.05, 0) is 61.1 Å². The summed E-state index contributed by atoms with van der Waals surface area (Å²) in [6, 6.07) is 22.3. The summed E-state index contributed by atoms with van der Waals surface area (Å²) in [5.74, 6) is 1.05. The maximum atomic E-state index is 12.5. The number of anilines is 1. The number of halogens is 2. The van der Waals surface area contributed by atoms with Crippen LogP contribution < -0.4 is 20.9 Å². The maximum Gasteiger partial charge on any atom is 0.227 e. The zero-order chi connectivity index (χ0) is 22.0. The van der Waals surface area contributed by atoms with Crippen LogP contribution in [0.1, 0.15) is 36.8 Å². The number of ether oxygens (including phenoxy) is 1. The van der Waals surface area contributed by atoms with Gasteiger partial charge in [0.05, 0.1) is 0 Å². The molecule has 0 aliphatic heterocycles. The van der Waals surface area contributed by atoms with E-state index in [-0.39, 0.29) is 36.6 Å². The van der Waals surface area contributed by atoms with Crippen molar-refractivity contribution in [1.82, 2.24) is 15.8 Å². The molecule has 34 heavy (non-hydrogen) atoms. The first kappa shape index (κ1) is 27.6. The highest BCUT2D eigenvalue weighted by Gasteiger charge is 2.26. The Balaban J connectivity index is 0.00000204. The Labute approximate surface area is 213 Å². The van der Waals surface area contributed by atoms with Crippen LogP contribution in [0, 0.1) is 5.92 Å². The Bertz CT molecular complexity index is 967. The van der Waals surface area contributed by atoms with Crippen LogP contribution >= 0.6 is 24.8 Å². The van der Waals surface area contributed by atoms with Crippen LogP contribution in [0.2, 0.25) is 0 Å². The van der Waals surface area contributed by atoms with Crippen molar-refractivity contribution in [2.24, 2.45) is 5.92 Å². The molecular formula is C26H32Cl2N4O2. The standard InChI is InChI=1S/C26H30N4O2.2ClH/c31-26(29-23-14-16-27-17-15-23)22-8-10-24(11-9-22)30-28-18-20-6-12-25(13-7-20)32-19-21-4-2-1-3-5-21;;/h1-7,12-17,22,24,28,30H,8-11,18-19H2,(H,27,29,31);2*1H. The first-order valence-corrected chi connectivity index (χ1v) is 11.2. The Morgan fingerprint density at radius 3 is 2.21 bits per heavy atom. The van der Waals surface area contributed by atoms with Gasteiger partial charge in [0.1, 0.15) is 12.4 Å². The first-order valence-electron chi connectivity index (χ1n) is 11.2. The first-order chi connectivity index (χ1) is 15.8. The van der Waals surface area contributed by atoms with Crippen molar-refractivity contribution >= 4 is 36.4 Å². The van der Waals surface area contributed by atoms with E-state index in [2.05, 4.69) is 45.4 Å². The zero-order valence-electron chi connectivity index (χ0n) is 19.0. The molecule has 1 saturated carbocycles. The van der Waals surface area contributed by atoms with Gasteiger partial charge < -0.3 is 10.1 Å². The average molecular weight is 503 g/mol. The van der Waals surface area contributed by atoms with Crippen molar-refractivity contribution in [3.05, 3.63) is 90.3 Å². The molecule has 3 aromatic rings. The Kier molecular flexibility index (Phi) is 11.8. The van der Waals surface area contributed by atoms with E-state index in [9.17, 15) is 4.79 Å². The van der Waals surface area contributed by atoms with Gasteiger partial charge in [0.25, 0.3) is 0 Å². The number of hydrogen-bond acceptors (Lipinski definition) is 5. The maximum absolute atomic E-state index is 12.5. The van der Waals surface area contributed by atoms with Crippen molar-refractivity contribution in [2.45, 2.75) is 44.9 Å². The fourth-order valence-electron chi connectivity index (χ4n) is 3.92. The number of nitrogens with zero attached hydrogens (tertiary/aromatic N) is 1. The van der Waals surface area contributed by atoms with Gasteiger partial charge in [-0.25, -0.2) is 0 Å². The van der Waals surface area contributed by atoms with E-state index >= 15 is 0 Å². The molecule has 3 N–H and O–H groups in total. The lowest BCUT2D eigenvalue weighted by Gasteiger charge is -2.28. The highest BCUT2D eigenvalue weighted by molar-refractivity contribution is 5.92. The number of nitrogens with one attached hydrogen (secondary N) is 3. The van der Waals surface area contributed by atoms with Gasteiger partial charge in [0.15, 0.2) is 0 Å².